The SMILES string of the molecule is COC(=O)c1nn[c]n1CC(OC)OC. The highest BCUT2D eigenvalue weighted by Crippen LogP contribution is 2.01. The fraction of sp³-hybridized carbons (Fsp3) is 0.625. The number of rotatable bonds is 5. The van der Waals surface area contributed by atoms with Gasteiger partial charge in [-0.05, 0) is 0 Å². The predicted octanol–water partition coefficient (Wildman–Crippen LogP) is -0.516. The summed E-state index contributed by atoms with van der Waals surface area (Å²) >= 11 is 0. The van der Waals surface area contributed by atoms with Crippen LogP contribution >= 0.6 is 0 Å². The van der Waals surface area contributed by atoms with E-state index in [9.17, 15) is 4.79 Å². The van der Waals surface area contributed by atoms with Gasteiger partial charge in [0.25, 0.3) is 0 Å². The van der Waals surface area contributed by atoms with Crippen molar-refractivity contribution in [3.63, 3.8) is 0 Å². The molecule has 7 heteroatoms. The average molecular weight is 214 g/mol. The zero-order valence-electron chi connectivity index (χ0n) is 8.76. The van der Waals surface area contributed by atoms with Crippen LogP contribution in [0.5, 0.6) is 0 Å². The number of ether oxygens (including phenoxy) is 3. The lowest BCUT2D eigenvalue weighted by Gasteiger charge is -2.13. The molecule has 0 unspecified atom stereocenters. The van der Waals surface area contributed by atoms with Gasteiger partial charge in [-0.1, -0.05) is 0 Å². The van der Waals surface area contributed by atoms with E-state index in [-0.39, 0.29) is 12.4 Å². The Labute approximate surface area is 87.0 Å². The Morgan fingerprint density at radius 1 is 1.47 bits per heavy atom. The van der Waals surface area contributed by atoms with E-state index in [2.05, 4.69) is 21.3 Å². The number of carbonyl (C=O) groups is 1. The van der Waals surface area contributed by atoms with Crippen LogP contribution in [0.1, 0.15) is 10.6 Å². The van der Waals surface area contributed by atoms with Gasteiger partial charge in [0.05, 0.1) is 13.7 Å². The number of esters is 1. The van der Waals surface area contributed by atoms with E-state index in [1.807, 2.05) is 0 Å². The molecule has 0 aliphatic heterocycles. The number of hydrogen-bond donors (Lipinski definition) is 0. The molecule has 15 heavy (non-hydrogen) atoms. The first-order chi connectivity index (χ1) is 7.22. The van der Waals surface area contributed by atoms with Crippen LogP contribution in [-0.2, 0) is 20.8 Å². The van der Waals surface area contributed by atoms with Crippen LogP contribution in [0.15, 0.2) is 0 Å². The molecule has 0 saturated heterocycles. The van der Waals surface area contributed by atoms with Gasteiger partial charge in [0.15, 0.2) is 6.29 Å². The lowest BCUT2D eigenvalue weighted by atomic mass is 10.5. The molecule has 0 aliphatic carbocycles. The first-order valence-corrected chi connectivity index (χ1v) is 4.17. The topological polar surface area (TPSA) is 75.5 Å². The van der Waals surface area contributed by atoms with Gasteiger partial charge in [-0.3, -0.25) is 4.57 Å². The summed E-state index contributed by atoms with van der Waals surface area (Å²) in [5.41, 5.74) is 0. The van der Waals surface area contributed by atoms with Gasteiger partial charge in [-0.15, -0.1) is 10.2 Å². The van der Waals surface area contributed by atoms with E-state index in [0.29, 0.717) is 0 Å². The summed E-state index contributed by atoms with van der Waals surface area (Å²) < 4.78 is 15.8. The highest BCUT2D eigenvalue weighted by Gasteiger charge is 2.17. The Kier molecular flexibility index (Phi) is 4.19. The third kappa shape index (κ3) is 2.74. The minimum absolute atomic E-state index is 0.0663. The predicted molar refractivity (Wildman–Crippen MR) is 48.0 cm³/mol. The normalized spacial score (nSPS) is 10.7. The number of carbonyl (C=O) groups excluding carboxylic acids is 1. The highest BCUT2D eigenvalue weighted by molar-refractivity contribution is 5.85. The van der Waals surface area contributed by atoms with E-state index < -0.39 is 12.3 Å². The Morgan fingerprint density at radius 2 is 2.13 bits per heavy atom. The first kappa shape index (κ1) is 11.6. The van der Waals surface area contributed by atoms with Crippen LogP contribution in [0.2, 0.25) is 0 Å². The van der Waals surface area contributed by atoms with Gasteiger partial charge in [-0.2, -0.15) is 0 Å². The molecule has 1 heterocycles. The Balaban J connectivity index is 2.76. The highest BCUT2D eigenvalue weighted by atomic mass is 16.7. The van der Waals surface area contributed by atoms with E-state index >= 15 is 0 Å². The summed E-state index contributed by atoms with van der Waals surface area (Å²) in [5.74, 6) is -0.508. The van der Waals surface area contributed by atoms with Gasteiger partial charge in [-0.25, -0.2) is 4.79 Å². The van der Waals surface area contributed by atoms with Gasteiger partial charge in [0.1, 0.15) is 0 Å². The molecule has 7 nitrogen and oxygen atoms in total. The average Bonchev–Trinajstić information content (AvgIpc) is 2.72. The second kappa shape index (κ2) is 5.42. The van der Waals surface area contributed by atoms with E-state index in [1.165, 1.54) is 25.9 Å². The number of nitrogens with zero attached hydrogens (tertiary/aromatic N) is 3. The molecule has 0 aromatic carbocycles. The summed E-state index contributed by atoms with van der Waals surface area (Å²) in [6.07, 6.45) is 2.03. The second-order valence-electron chi connectivity index (χ2n) is 2.63. The molecule has 1 aromatic rings. The van der Waals surface area contributed by atoms with Crippen LogP contribution in [0.3, 0.4) is 0 Å². The lowest BCUT2D eigenvalue weighted by molar-refractivity contribution is -0.111. The summed E-state index contributed by atoms with van der Waals surface area (Å²) in [5, 5.41) is 7.07. The standard InChI is InChI=1S/C8H12N3O4/c1-13-6(14-2)4-11-5-9-10-7(11)8(12)15-3/h6H,4H2,1-3H3. The Bertz CT molecular complexity index is 321. The van der Waals surface area contributed by atoms with Crippen LogP contribution in [0.25, 0.3) is 0 Å². The molecule has 0 spiro atoms. The zero-order valence-corrected chi connectivity index (χ0v) is 8.76. The van der Waals surface area contributed by atoms with Crippen molar-refractivity contribution in [2.24, 2.45) is 0 Å². The van der Waals surface area contributed by atoms with Gasteiger partial charge in [0.2, 0.25) is 12.2 Å². The number of aromatic nitrogens is 3. The Morgan fingerprint density at radius 3 is 2.67 bits per heavy atom. The van der Waals surface area contributed by atoms with Gasteiger partial charge in [0, 0.05) is 14.2 Å². The first-order valence-electron chi connectivity index (χ1n) is 4.17. The largest absolute Gasteiger partial charge is 0.463 e. The maximum Gasteiger partial charge on any atom is 0.376 e. The smallest absolute Gasteiger partial charge is 0.376 e. The van der Waals surface area contributed by atoms with Crippen molar-refractivity contribution in [3.05, 3.63) is 12.2 Å². The molecule has 0 saturated carbocycles. The third-order valence-corrected chi connectivity index (χ3v) is 1.79. The molecule has 0 fully saturated rings. The van der Waals surface area contributed by atoms with Crippen LogP contribution < -0.4 is 0 Å². The van der Waals surface area contributed by atoms with E-state index in [0.717, 1.165) is 0 Å². The molecular weight excluding hydrogens is 202 g/mol. The van der Waals surface area contributed by atoms with Crippen molar-refractivity contribution in [3.8, 4) is 0 Å². The molecule has 0 atom stereocenters. The number of methoxy groups -OCH3 is 3. The molecule has 0 aliphatic rings. The van der Waals surface area contributed by atoms with Crippen molar-refractivity contribution in [1.82, 2.24) is 14.8 Å². The lowest BCUT2D eigenvalue weighted by Crippen LogP contribution is -2.23. The van der Waals surface area contributed by atoms with E-state index in [4.69, 9.17) is 9.47 Å². The molecule has 1 aromatic heterocycles. The van der Waals surface area contributed by atoms with Gasteiger partial charge >= 0.3 is 5.97 Å². The fourth-order valence-electron chi connectivity index (χ4n) is 0.989. The summed E-state index contributed by atoms with van der Waals surface area (Å²) in [7, 11) is 4.26. The molecule has 1 rings (SSSR count). The van der Waals surface area contributed by atoms with Crippen molar-refractivity contribution in [2.45, 2.75) is 12.8 Å². The molecular formula is C8H12N3O4. The molecule has 83 valence electrons. The maximum absolute atomic E-state index is 11.2. The van der Waals surface area contributed by atoms with Crippen molar-refractivity contribution in [2.75, 3.05) is 21.3 Å². The van der Waals surface area contributed by atoms with Gasteiger partial charge < -0.3 is 14.2 Å². The summed E-state index contributed by atoms with van der Waals surface area (Å²) in [6.45, 7) is 0.268. The van der Waals surface area contributed by atoms with Crippen molar-refractivity contribution >= 4 is 5.97 Å². The third-order valence-electron chi connectivity index (χ3n) is 1.79. The molecule has 1 radical (unpaired) electrons. The fourth-order valence-corrected chi connectivity index (χ4v) is 0.989. The minimum atomic E-state index is -0.574. The molecule has 0 bridgehead atoms. The van der Waals surface area contributed by atoms with Crippen molar-refractivity contribution in [1.29, 1.82) is 0 Å². The number of hydrogen-bond acceptors (Lipinski definition) is 6. The van der Waals surface area contributed by atoms with Crippen LogP contribution in [0.4, 0.5) is 0 Å². The minimum Gasteiger partial charge on any atom is -0.463 e. The van der Waals surface area contributed by atoms with E-state index in [1.54, 1.807) is 0 Å². The quantitative estimate of drug-likeness (QED) is 0.485. The Hall–Kier alpha value is -1.47. The zero-order chi connectivity index (χ0) is 11.3. The van der Waals surface area contributed by atoms with Crippen LogP contribution in [-0.4, -0.2) is 48.4 Å². The molecule has 0 amide bonds. The van der Waals surface area contributed by atoms with Crippen LogP contribution in [0, 0.1) is 6.33 Å². The monoisotopic (exact) mass is 214 g/mol. The summed E-state index contributed by atoms with van der Waals surface area (Å²) in [6, 6.07) is 0. The van der Waals surface area contributed by atoms with Crippen molar-refractivity contribution < 1.29 is 19.0 Å². The molecule has 0 N–H and O–H groups in total. The summed E-state index contributed by atoms with van der Waals surface area (Å²) in [4.78, 5) is 11.2. The maximum atomic E-state index is 11.2. The second-order valence-corrected chi connectivity index (χ2v) is 2.63.